The van der Waals surface area contributed by atoms with Crippen LogP contribution in [0.3, 0.4) is 0 Å². The number of amides is 1. The van der Waals surface area contributed by atoms with Crippen molar-refractivity contribution in [2.45, 2.75) is 6.10 Å². The number of hydrogen-bond donors (Lipinski definition) is 1. The topological polar surface area (TPSA) is 66.0 Å². The van der Waals surface area contributed by atoms with E-state index in [2.05, 4.69) is 5.32 Å². The second-order valence-corrected chi connectivity index (χ2v) is 5.27. The Labute approximate surface area is 140 Å². The first-order chi connectivity index (χ1) is 11.7. The SMILES string of the molecule is COc1ccc(C(=O)NC[C@@H]2COc3ccccc3O2)c(OC)c1. The van der Waals surface area contributed by atoms with Gasteiger partial charge in [0.2, 0.25) is 0 Å². The molecule has 126 valence electrons. The van der Waals surface area contributed by atoms with Gasteiger partial charge in [0.05, 0.1) is 26.3 Å². The number of rotatable bonds is 5. The van der Waals surface area contributed by atoms with Crippen LogP contribution in [0.15, 0.2) is 42.5 Å². The molecule has 1 N–H and O–H groups in total. The number of nitrogens with one attached hydrogen (secondary N) is 1. The minimum Gasteiger partial charge on any atom is -0.497 e. The zero-order valence-electron chi connectivity index (χ0n) is 13.6. The first kappa shape index (κ1) is 16.0. The standard InChI is InChI=1S/C18H19NO5/c1-21-12-7-8-14(17(9-12)22-2)18(20)19-10-13-11-23-15-5-3-4-6-16(15)24-13/h3-9,13H,10-11H2,1-2H3,(H,19,20)/t13-/m1/s1. The van der Waals surface area contributed by atoms with Crippen molar-refractivity contribution in [3.63, 3.8) is 0 Å². The summed E-state index contributed by atoms with van der Waals surface area (Å²) in [5, 5.41) is 2.85. The van der Waals surface area contributed by atoms with Crippen LogP contribution < -0.4 is 24.3 Å². The van der Waals surface area contributed by atoms with Gasteiger partial charge in [0.15, 0.2) is 11.5 Å². The highest BCUT2D eigenvalue weighted by atomic mass is 16.6. The Kier molecular flexibility index (Phi) is 4.74. The van der Waals surface area contributed by atoms with Gasteiger partial charge < -0.3 is 24.3 Å². The van der Waals surface area contributed by atoms with E-state index in [0.717, 1.165) is 5.75 Å². The Morgan fingerprint density at radius 1 is 1.17 bits per heavy atom. The summed E-state index contributed by atoms with van der Waals surface area (Å²) < 4.78 is 21.8. The molecule has 24 heavy (non-hydrogen) atoms. The van der Waals surface area contributed by atoms with E-state index in [0.29, 0.717) is 36.0 Å². The molecule has 0 aliphatic carbocycles. The maximum Gasteiger partial charge on any atom is 0.255 e. The molecular formula is C18H19NO5. The fourth-order valence-corrected chi connectivity index (χ4v) is 2.45. The van der Waals surface area contributed by atoms with Gasteiger partial charge in [0.1, 0.15) is 24.2 Å². The summed E-state index contributed by atoms with van der Waals surface area (Å²) in [5.74, 6) is 2.25. The average Bonchev–Trinajstić information content (AvgIpc) is 2.65. The van der Waals surface area contributed by atoms with Crippen LogP contribution >= 0.6 is 0 Å². The van der Waals surface area contributed by atoms with Gasteiger partial charge in [-0.1, -0.05) is 12.1 Å². The smallest absolute Gasteiger partial charge is 0.255 e. The predicted octanol–water partition coefficient (Wildman–Crippen LogP) is 2.27. The first-order valence-electron chi connectivity index (χ1n) is 7.60. The summed E-state index contributed by atoms with van der Waals surface area (Å²) >= 11 is 0. The highest BCUT2D eigenvalue weighted by Gasteiger charge is 2.22. The number of carbonyl (C=O) groups is 1. The third-order valence-electron chi connectivity index (χ3n) is 3.71. The molecule has 2 aromatic carbocycles. The number of carbonyl (C=O) groups excluding carboxylic acids is 1. The minimum absolute atomic E-state index is 0.239. The molecule has 6 heteroatoms. The molecule has 0 spiro atoms. The number of ether oxygens (including phenoxy) is 4. The second kappa shape index (κ2) is 7.12. The normalized spacial score (nSPS) is 15.5. The average molecular weight is 329 g/mol. The summed E-state index contributed by atoms with van der Waals surface area (Å²) in [5.41, 5.74) is 0.440. The van der Waals surface area contributed by atoms with Crippen molar-refractivity contribution in [3.05, 3.63) is 48.0 Å². The van der Waals surface area contributed by atoms with E-state index in [-0.39, 0.29) is 12.0 Å². The van der Waals surface area contributed by atoms with Crippen LogP contribution in [0.25, 0.3) is 0 Å². The molecule has 0 unspecified atom stereocenters. The third-order valence-corrected chi connectivity index (χ3v) is 3.71. The van der Waals surface area contributed by atoms with Crippen molar-refractivity contribution in [3.8, 4) is 23.0 Å². The van der Waals surface area contributed by atoms with E-state index in [1.807, 2.05) is 24.3 Å². The van der Waals surface area contributed by atoms with Crippen LogP contribution in [0.2, 0.25) is 0 Å². The van der Waals surface area contributed by atoms with E-state index in [4.69, 9.17) is 18.9 Å². The number of methoxy groups -OCH3 is 2. The van der Waals surface area contributed by atoms with Crippen LogP contribution in [0.1, 0.15) is 10.4 Å². The molecule has 0 radical (unpaired) electrons. The van der Waals surface area contributed by atoms with E-state index in [9.17, 15) is 4.79 Å². The summed E-state index contributed by atoms with van der Waals surface area (Å²) in [7, 11) is 3.08. The lowest BCUT2D eigenvalue weighted by atomic mass is 10.1. The van der Waals surface area contributed by atoms with Crippen molar-refractivity contribution in [1.29, 1.82) is 0 Å². The van der Waals surface area contributed by atoms with Gasteiger partial charge in [-0.2, -0.15) is 0 Å². The van der Waals surface area contributed by atoms with E-state index in [1.165, 1.54) is 7.11 Å². The Morgan fingerprint density at radius 2 is 1.96 bits per heavy atom. The monoisotopic (exact) mass is 329 g/mol. The number of hydrogen-bond acceptors (Lipinski definition) is 5. The van der Waals surface area contributed by atoms with E-state index in [1.54, 1.807) is 25.3 Å². The van der Waals surface area contributed by atoms with Gasteiger partial charge in [-0.3, -0.25) is 4.79 Å². The molecule has 6 nitrogen and oxygen atoms in total. The molecule has 2 aromatic rings. The van der Waals surface area contributed by atoms with E-state index < -0.39 is 0 Å². The molecule has 0 saturated carbocycles. The maximum absolute atomic E-state index is 12.4. The highest BCUT2D eigenvalue weighted by Crippen LogP contribution is 2.30. The zero-order chi connectivity index (χ0) is 16.9. The predicted molar refractivity (Wildman–Crippen MR) is 88.2 cm³/mol. The summed E-state index contributed by atoms with van der Waals surface area (Å²) in [6, 6.07) is 12.5. The maximum atomic E-state index is 12.4. The molecule has 0 aromatic heterocycles. The molecular weight excluding hydrogens is 310 g/mol. The second-order valence-electron chi connectivity index (χ2n) is 5.27. The van der Waals surface area contributed by atoms with Crippen molar-refractivity contribution in [1.82, 2.24) is 5.32 Å². The molecule has 1 atom stereocenters. The fourth-order valence-electron chi connectivity index (χ4n) is 2.45. The van der Waals surface area contributed by atoms with Gasteiger partial charge in [-0.05, 0) is 24.3 Å². The van der Waals surface area contributed by atoms with Crippen molar-refractivity contribution in [2.75, 3.05) is 27.4 Å². The number of para-hydroxylation sites is 2. The van der Waals surface area contributed by atoms with Crippen LogP contribution in [0.5, 0.6) is 23.0 Å². The Bertz CT molecular complexity index is 731. The Morgan fingerprint density at radius 3 is 2.71 bits per heavy atom. The minimum atomic E-state index is -0.243. The van der Waals surface area contributed by atoms with Gasteiger partial charge in [-0.25, -0.2) is 0 Å². The molecule has 0 saturated heterocycles. The third kappa shape index (κ3) is 3.37. The lowest BCUT2D eigenvalue weighted by molar-refractivity contribution is 0.0787. The van der Waals surface area contributed by atoms with E-state index >= 15 is 0 Å². The summed E-state index contributed by atoms with van der Waals surface area (Å²) in [6.45, 7) is 0.722. The molecule has 3 rings (SSSR count). The van der Waals surface area contributed by atoms with Gasteiger partial charge >= 0.3 is 0 Å². The van der Waals surface area contributed by atoms with Gasteiger partial charge in [0, 0.05) is 6.07 Å². The molecule has 1 aliphatic rings. The number of fused-ring (bicyclic) bond motifs is 1. The van der Waals surface area contributed by atoms with Gasteiger partial charge in [0.25, 0.3) is 5.91 Å². The number of benzene rings is 2. The largest absolute Gasteiger partial charge is 0.497 e. The molecule has 0 bridgehead atoms. The fraction of sp³-hybridized carbons (Fsp3) is 0.278. The van der Waals surface area contributed by atoms with Crippen LogP contribution in [-0.4, -0.2) is 39.4 Å². The van der Waals surface area contributed by atoms with Crippen molar-refractivity contribution < 1.29 is 23.7 Å². The van der Waals surface area contributed by atoms with Crippen LogP contribution in [0, 0.1) is 0 Å². The van der Waals surface area contributed by atoms with Crippen molar-refractivity contribution >= 4 is 5.91 Å². The summed E-state index contributed by atoms with van der Waals surface area (Å²) in [6.07, 6.45) is -0.243. The van der Waals surface area contributed by atoms with Crippen LogP contribution in [-0.2, 0) is 0 Å². The molecule has 0 fully saturated rings. The highest BCUT2D eigenvalue weighted by molar-refractivity contribution is 5.97. The molecule has 1 heterocycles. The van der Waals surface area contributed by atoms with Crippen molar-refractivity contribution in [2.24, 2.45) is 0 Å². The lowest BCUT2D eigenvalue weighted by Gasteiger charge is -2.26. The molecule has 1 amide bonds. The van der Waals surface area contributed by atoms with Crippen LogP contribution in [0.4, 0.5) is 0 Å². The quantitative estimate of drug-likeness (QED) is 0.911. The molecule has 1 aliphatic heterocycles. The first-order valence-corrected chi connectivity index (χ1v) is 7.60. The Hall–Kier alpha value is -2.89. The Balaban J connectivity index is 1.62. The summed E-state index contributed by atoms with van der Waals surface area (Å²) in [4.78, 5) is 12.4. The van der Waals surface area contributed by atoms with Gasteiger partial charge in [-0.15, -0.1) is 0 Å². The lowest BCUT2D eigenvalue weighted by Crippen LogP contribution is -2.40. The zero-order valence-corrected chi connectivity index (χ0v) is 13.6.